The van der Waals surface area contributed by atoms with Crippen molar-refractivity contribution in [2.24, 2.45) is 5.92 Å². The number of halogens is 1. The number of pyridine rings is 1. The number of hydrogen-bond donors (Lipinski definition) is 1. The van der Waals surface area contributed by atoms with Gasteiger partial charge in [-0.15, -0.1) is 11.8 Å². The maximum atomic E-state index is 12.6. The number of thioether (sulfide) groups is 1. The van der Waals surface area contributed by atoms with E-state index in [9.17, 15) is 4.79 Å². The Balaban J connectivity index is 1.82. The smallest absolute Gasteiger partial charge is 0.254 e. The molecule has 3 rings (SSSR count). The van der Waals surface area contributed by atoms with E-state index in [1.54, 1.807) is 12.3 Å². The van der Waals surface area contributed by atoms with E-state index in [1.165, 1.54) is 11.8 Å². The van der Waals surface area contributed by atoms with Crippen molar-refractivity contribution >= 4 is 29.3 Å². The van der Waals surface area contributed by atoms with Gasteiger partial charge in [-0.1, -0.05) is 23.7 Å². The van der Waals surface area contributed by atoms with Gasteiger partial charge in [0.15, 0.2) is 0 Å². The molecule has 1 N–H and O–H groups in total. The molecular weight excluding hydrogens is 316 g/mol. The van der Waals surface area contributed by atoms with Crippen LogP contribution in [0.3, 0.4) is 0 Å². The predicted octanol–water partition coefficient (Wildman–Crippen LogP) is 4.34. The van der Waals surface area contributed by atoms with Crippen LogP contribution in [0, 0.1) is 5.92 Å². The highest BCUT2D eigenvalue weighted by atomic mass is 35.5. The van der Waals surface area contributed by atoms with Crippen LogP contribution >= 0.6 is 23.4 Å². The van der Waals surface area contributed by atoms with Crippen molar-refractivity contribution in [3.05, 3.63) is 58.7 Å². The maximum absolute atomic E-state index is 12.6. The Bertz CT molecular complexity index is 671. The number of hydrogen-bond acceptors (Lipinski definition) is 3. The van der Waals surface area contributed by atoms with E-state index in [2.05, 4.69) is 10.3 Å². The lowest BCUT2D eigenvalue weighted by Crippen LogP contribution is -2.30. The fourth-order valence-electron chi connectivity index (χ4n) is 2.52. The molecule has 0 bridgehead atoms. The topological polar surface area (TPSA) is 42.0 Å². The van der Waals surface area contributed by atoms with E-state index in [4.69, 9.17) is 11.6 Å². The molecule has 0 unspecified atom stereocenters. The fraction of sp³-hybridized carbons (Fsp3) is 0.294. The molecule has 0 radical (unpaired) electrons. The monoisotopic (exact) mass is 332 g/mol. The minimum atomic E-state index is -0.0655. The Morgan fingerprint density at radius 1 is 1.32 bits per heavy atom. The van der Waals surface area contributed by atoms with Crippen LogP contribution in [0.1, 0.15) is 34.8 Å². The van der Waals surface area contributed by atoms with Gasteiger partial charge in [-0.2, -0.15) is 0 Å². The standard InChI is InChI=1S/C17H17ClN2OS/c1-22-17-14(3-2-10-19-17)16(21)20-15(11-4-5-11)12-6-8-13(18)9-7-12/h2-3,6-11,15H,4-5H2,1H3,(H,20,21)/t15-/m1/s1. The zero-order valence-corrected chi connectivity index (χ0v) is 13.8. The Labute approximate surface area is 139 Å². The molecule has 0 aliphatic heterocycles. The first kappa shape index (κ1) is 15.4. The highest BCUT2D eigenvalue weighted by Crippen LogP contribution is 2.41. The molecule has 0 spiro atoms. The van der Waals surface area contributed by atoms with Crippen LogP contribution in [0.25, 0.3) is 0 Å². The van der Waals surface area contributed by atoms with E-state index in [0.29, 0.717) is 16.5 Å². The molecule has 1 amide bonds. The molecule has 1 aromatic heterocycles. The fourth-order valence-corrected chi connectivity index (χ4v) is 3.19. The van der Waals surface area contributed by atoms with Crippen molar-refractivity contribution in [1.82, 2.24) is 10.3 Å². The first-order valence-corrected chi connectivity index (χ1v) is 8.84. The summed E-state index contributed by atoms with van der Waals surface area (Å²) in [5.74, 6) is 0.448. The quantitative estimate of drug-likeness (QED) is 0.828. The first-order chi connectivity index (χ1) is 10.7. The van der Waals surface area contributed by atoms with Gasteiger partial charge in [0.05, 0.1) is 11.6 Å². The summed E-state index contributed by atoms with van der Waals surface area (Å²) >= 11 is 7.44. The Hall–Kier alpha value is -1.52. The summed E-state index contributed by atoms with van der Waals surface area (Å²) in [6.07, 6.45) is 5.93. The number of aromatic nitrogens is 1. The minimum Gasteiger partial charge on any atom is -0.345 e. The molecule has 5 heteroatoms. The molecule has 1 heterocycles. The first-order valence-electron chi connectivity index (χ1n) is 7.24. The number of benzene rings is 1. The van der Waals surface area contributed by atoms with Crippen molar-refractivity contribution < 1.29 is 4.79 Å². The molecule has 2 aromatic rings. The molecule has 1 atom stereocenters. The van der Waals surface area contributed by atoms with Gasteiger partial charge in [-0.25, -0.2) is 4.98 Å². The lowest BCUT2D eigenvalue weighted by molar-refractivity contribution is 0.0928. The zero-order chi connectivity index (χ0) is 15.5. The van der Waals surface area contributed by atoms with Gasteiger partial charge in [0.2, 0.25) is 0 Å². The van der Waals surface area contributed by atoms with Crippen molar-refractivity contribution in [3.8, 4) is 0 Å². The van der Waals surface area contributed by atoms with Crippen LogP contribution in [0.2, 0.25) is 5.02 Å². The highest BCUT2D eigenvalue weighted by molar-refractivity contribution is 7.98. The van der Waals surface area contributed by atoms with Crippen molar-refractivity contribution in [2.45, 2.75) is 23.9 Å². The largest absolute Gasteiger partial charge is 0.345 e. The second-order valence-electron chi connectivity index (χ2n) is 5.40. The van der Waals surface area contributed by atoms with Crippen molar-refractivity contribution in [3.63, 3.8) is 0 Å². The maximum Gasteiger partial charge on any atom is 0.254 e. The summed E-state index contributed by atoms with van der Waals surface area (Å²) in [6, 6.07) is 11.4. The SMILES string of the molecule is CSc1ncccc1C(=O)N[C@@H](c1ccc(Cl)cc1)C1CC1. The van der Waals surface area contributed by atoms with Gasteiger partial charge >= 0.3 is 0 Å². The van der Waals surface area contributed by atoms with Gasteiger partial charge in [0, 0.05) is 11.2 Å². The second-order valence-corrected chi connectivity index (χ2v) is 6.63. The summed E-state index contributed by atoms with van der Waals surface area (Å²) in [4.78, 5) is 16.9. The number of nitrogens with one attached hydrogen (secondary N) is 1. The lowest BCUT2D eigenvalue weighted by Gasteiger charge is -2.19. The molecular formula is C17H17ClN2OS. The summed E-state index contributed by atoms with van der Waals surface area (Å²) < 4.78 is 0. The third-order valence-electron chi connectivity index (χ3n) is 3.82. The van der Waals surface area contributed by atoms with Gasteiger partial charge in [0.1, 0.15) is 5.03 Å². The molecule has 1 saturated carbocycles. The minimum absolute atomic E-state index is 0.0414. The van der Waals surface area contributed by atoms with Crippen LogP contribution in [-0.4, -0.2) is 17.1 Å². The van der Waals surface area contributed by atoms with Crippen molar-refractivity contribution in [2.75, 3.05) is 6.26 Å². The van der Waals surface area contributed by atoms with E-state index in [0.717, 1.165) is 23.4 Å². The average molecular weight is 333 g/mol. The van der Waals surface area contributed by atoms with E-state index >= 15 is 0 Å². The summed E-state index contributed by atoms with van der Waals surface area (Å²) in [6.45, 7) is 0. The van der Waals surface area contributed by atoms with Crippen LogP contribution in [-0.2, 0) is 0 Å². The van der Waals surface area contributed by atoms with E-state index < -0.39 is 0 Å². The summed E-state index contributed by atoms with van der Waals surface area (Å²) in [7, 11) is 0. The van der Waals surface area contributed by atoms with E-state index in [-0.39, 0.29) is 11.9 Å². The van der Waals surface area contributed by atoms with Gasteiger partial charge in [0.25, 0.3) is 5.91 Å². The zero-order valence-electron chi connectivity index (χ0n) is 12.3. The molecule has 1 aliphatic rings. The number of nitrogens with zero attached hydrogens (tertiary/aromatic N) is 1. The highest BCUT2D eigenvalue weighted by Gasteiger charge is 2.33. The number of carbonyl (C=O) groups is 1. The number of carbonyl (C=O) groups excluding carboxylic acids is 1. The average Bonchev–Trinajstić information content (AvgIpc) is 3.38. The second kappa shape index (κ2) is 6.71. The molecule has 114 valence electrons. The number of amides is 1. The third-order valence-corrected chi connectivity index (χ3v) is 4.78. The summed E-state index contributed by atoms with van der Waals surface area (Å²) in [5.41, 5.74) is 1.74. The van der Waals surface area contributed by atoms with E-state index in [1.807, 2.05) is 36.6 Å². The molecule has 1 aliphatic carbocycles. The normalized spacial score (nSPS) is 15.4. The third kappa shape index (κ3) is 3.45. The lowest BCUT2D eigenvalue weighted by atomic mass is 10.0. The van der Waals surface area contributed by atoms with Crippen LogP contribution in [0.4, 0.5) is 0 Å². The Morgan fingerprint density at radius 2 is 2.05 bits per heavy atom. The number of rotatable bonds is 5. The van der Waals surface area contributed by atoms with Gasteiger partial charge in [-0.3, -0.25) is 4.79 Å². The predicted molar refractivity (Wildman–Crippen MR) is 90.4 cm³/mol. The van der Waals surface area contributed by atoms with Crippen LogP contribution < -0.4 is 5.32 Å². The van der Waals surface area contributed by atoms with Crippen LogP contribution in [0.15, 0.2) is 47.6 Å². The molecule has 1 fully saturated rings. The summed E-state index contributed by atoms with van der Waals surface area (Å²) in [5, 5.41) is 4.64. The molecule has 0 saturated heterocycles. The van der Waals surface area contributed by atoms with Crippen LogP contribution in [0.5, 0.6) is 0 Å². The molecule has 22 heavy (non-hydrogen) atoms. The molecule has 1 aromatic carbocycles. The Kier molecular flexibility index (Phi) is 4.69. The molecule has 3 nitrogen and oxygen atoms in total. The van der Waals surface area contributed by atoms with Gasteiger partial charge < -0.3 is 5.32 Å². The van der Waals surface area contributed by atoms with Gasteiger partial charge in [-0.05, 0) is 54.8 Å². The Morgan fingerprint density at radius 3 is 2.68 bits per heavy atom. The van der Waals surface area contributed by atoms with Crippen molar-refractivity contribution in [1.29, 1.82) is 0 Å².